The number of nitrogens with zero attached hydrogens (tertiary/aromatic N) is 2. The fraction of sp³-hybridized carbons (Fsp3) is 0.333. The smallest absolute Gasteiger partial charge is 0.228 e. The maximum Gasteiger partial charge on any atom is 0.228 e. The van der Waals surface area contributed by atoms with Crippen LogP contribution in [0.3, 0.4) is 0 Å². The lowest BCUT2D eigenvalue weighted by atomic mass is 9.92. The van der Waals surface area contributed by atoms with Crippen molar-refractivity contribution in [3.8, 4) is 0 Å². The van der Waals surface area contributed by atoms with Gasteiger partial charge in [0.15, 0.2) is 0 Å². The Kier molecular flexibility index (Phi) is 4.61. The molecule has 4 nitrogen and oxygen atoms in total. The molecule has 2 atom stereocenters. The van der Waals surface area contributed by atoms with E-state index in [1.165, 1.54) is 23.1 Å². The first-order chi connectivity index (χ1) is 13.3. The number of fused-ring (bicyclic) bond motifs is 1. The summed E-state index contributed by atoms with van der Waals surface area (Å²) in [5, 5.41) is 0. The maximum atomic E-state index is 14.1. The molecule has 2 aliphatic heterocycles. The van der Waals surface area contributed by atoms with Crippen LogP contribution in [0.2, 0.25) is 0 Å². The Morgan fingerprint density at radius 1 is 1.07 bits per heavy atom. The largest absolute Gasteiger partial charge is 0.335 e. The maximum absolute atomic E-state index is 14.1. The Hall–Kier alpha value is -2.83. The van der Waals surface area contributed by atoms with Crippen LogP contribution in [0.15, 0.2) is 36.4 Å². The average Bonchev–Trinajstić information content (AvgIpc) is 3.03. The van der Waals surface area contributed by atoms with Crippen LogP contribution in [0, 0.1) is 23.4 Å². The van der Waals surface area contributed by atoms with Gasteiger partial charge in [-0.3, -0.25) is 9.59 Å². The highest BCUT2D eigenvalue weighted by Gasteiger charge is 2.40. The van der Waals surface area contributed by atoms with E-state index < -0.39 is 17.6 Å². The molecule has 2 amide bonds. The highest BCUT2D eigenvalue weighted by Crippen LogP contribution is 2.34. The summed E-state index contributed by atoms with van der Waals surface area (Å²) in [6.45, 7) is 2.36. The Labute approximate surface area is 160 Å². The van der Waals surface area contributed by atoms with Crippen LogP contribution in [0.25, 0.3) is 0 Å². The minimum Gasteiger partial charge on any atom is -0.335 e. The summed E-state index contributed by atoms with van der Waals surface area (Å²) >= 11 is 0. The van der Waals surface area contributed by atoms with Gasteiger partial charge in [0.25, 0.3) is 0 Å². The van der Waals surface area contributed by atoms with Crippen LogP contribution in [-0.2, 0) is 16.0 Å². The highest BCUT2D eigenvalue weighted by atomic mass is 19.1. The molecule has 7 heteroatoms. The van der Waals surface area contributed by atoms with E-state index in [1.54, 1.807) is 11.0 Å². The molecule has 0 N–H and O–H groups in total. The van der Waals surface area contributed by atoms with Gasteiger partial charge in [0.05, 0.1) is 17.6 Å². The first-order valence-electron chi connectivity index (χ1n) is 9.19. The predicted octanol–water partition coefficient (Wildman–Crippen LogP) is 3.60. The molecule has 2 heterocycles. The Morgan fingerprint density at radius 3 is 2.54 bits per heavy atom. The minimum absolute atomic E-state index is 0.0270. The molecular weight excluding hydrogens is 369 g/mol. The molecular formula is C21H19F3N2O2. The number of rotatable bonds is 2. The molecule has 0 aromatic heterocycles. The molecule has 146 valence electrons. The molecule has 0 bridgehead atoms. The zero-order valence-corrected chi connectivity index (χ0v) is 15.3. The SMILES string of the molecule is CC1c2cc(F)ccc2CCN1C(=O)C1CC(=O)N(c2ccc(F)cc2F)C1. The van der Waals surface area contributed by atoms with E-state index in [4.69, 9.17) is 0 Å². The van der Waals surface area contributed by atoms with Crippen molar-refractivity contribution in [3.63, 3.8) is 0 Å². The molecule has 0 spiro atoms. The lowest BCUT2D eigenvalue weighted by molar-refractivity contribution is -0.138. The number of anilines is 1. The normalized spacial score (nSPS) is 21.8. The van der Waals surface area contributed by atoms with Crippen LogP contribution in [0.1, 0.15) is 30.5 Å². The second-order valence-corrected chi connectivity index (χ2v) is 7.30. The summed E-state index contributed by atoms with van der Waals surface area (Å²) < 4.78 is 40.8. The van der Waals surface area contributed by atoms with Crippen molar-refractivity contribution in [2.24, 2.45) is 5.92 Å². The van der Waals surface area contributed by atoms with Gasteiger partial charge in [-0.2, -0.15) is 0 Å². The van der Waals surface area contributed by atoms with Crippen molar-refractivity contribution in [3.05, 3.63) is 65.0 Å². The third kappa shape index (κ3) is 3.15. The van der Waals surface area contributed by atoms with Crippen molar-refractivity contribution in [2.45, 2.75) is 25.8 Å². The fourth-order valence-corrected chi connectivity index (χ4v) is 4.13. The van der Waals surface area contributed by atoms with Gasteiger partial charge >= 0.3 is 0 Å². The summed E-state index contributed by atoms with van der Waals surface area (Å²) in [5.41, 5.74) is 1.75. The van der Waals surface area contributed by atoms with E-state index in [-0.39, 0.29) is 42.3 Å². The quantitative estimate of drug-likeness (QED) is 0.789. The number of hydrogen-bond acceptors (Lipinski definition) is 2. The number of hydrogen-bond donors (Lipinski definition) is 0. The van der Waals surface area contributed by atoms with E-state index in [2.05, 4.69) is 0 Å². The fourth-order valence-electron chi connectivity index (χ4n) is 4.13. The van der Waals surface area contributed by atoms with Crippen molar-refractivity contribution in [2.75, 3.05) is 18.0 Å². The monoisotopic (exact) mass is 388 g/mol. The van der Waals surface area contributed by atoms with Gasteiger partial charge in [0.2, 0.25) is 11.8 Å². The molecule has 2 unspecified atom stereocenters. The molecule has 0 saturated carbocycles. The Morgan fingerprint density at radius 2 is 1.79 bits per heavy atom. The topological polar surface area (TPSA) is 40.6 Å². The second kappa shape index (κ2) is 6.96. The van der Waals surface area contributed by atoms with Gasteiger partial charge in [-0.1, -0.05) is 6.07 Å². The van der Waals surface area contributed by atoms with Crippen molar-refractivity contribution in [1.29, 1.82) is 0 Å². The summed E-state index contributed by atoms with van der Waals surface area (Å²) in [5.74, 6) is -3.12. The Bertz CT molecular complexity index is 963. The van der Waals surface area contributed by atoms with Crippen molar-refractivity contribution < 1.29 is 22.8 Å². The average molecular weight is 388 g/mol. The lowest BCUT2D eigenvalue weighted by Gasteiger charge is -2.36. The molecule has 2 aliphatic rings. The van der Waals surface area contributed by atoms with Gasteiger partial charge in [-0.15, -0.1) is 0 Å². The number of benzene rings is 2. The lowest BCUT2D eigenvalue weighted by Crippen LogP contribution is -2.43. The van der Waals surface area contributed by atoms with E-state index >= 15 is 0 Å². The van der Waals surface area contributed by atoms with Gasteiger partial charge in [-0.25, -0.2) is 13.2 Å². The first-order valence-corrected chi connectivity index (χ1v) is 9.19. The molecule has 2 aromatic rings. The molecule has 4 rings (SSSR count). The summed E-state index contributed by atoms with van der Waals surface area (Å²) in [6.07, 6.45) is 0.581. The number of carbonyl (C=O) groups is 2. The summed E-state index contributed by atoms with van der Waals surface area (Å²) in [4.78, 5) is 28.3. The summed E-state index contributed by atoms with van der Waals surface area (Å²) in [6, 6.07) is 7.29. The van der Waals surface area contributed by atoms with Crippen molar-refractivity contribution in [1.82, 2.24) is 4.90 Å². The summed E-state index contributed by atoms with van der Waals surface area (Å²) in [7, 11) is 0. The van der Waals surface area contributed by atoms with Gasteiger partial charge < -0.3 is 9.80 Å². The standard InChI is InChI=1S/C21H19F3N2O2/c1-12-17-9-15(22)3-2-13(17)6-7-25(12)21(28)14-8-20(27)26(11-14)19-5-4-16(23)10-18(19)24/h2-5,9-10,12,14H,6-8,11H2,1H3. The van der Waals surface area contributed by atoms with Gasteiger partial charge in [-0.05, 0) is 48.7 Å². The van der Waals surface area contributed by atoms with E-state index in [1.807, 2.05) is 6.92 Å². The Balaban J connectivity index is 1.54. The molecule has 1 fully saturated rings. The second-order valence-electron chi connectivity index (χ2n) is 7.30. The van der Waals surface area contributed by atoms with Gasteiger partial charge in [0, 0.05) is 25.6 Å². The van der Waals surface area contributed by atoms with E-state index in [0.717, 1.165) is 23.3 Å². The number of halogens is 3. The van der Waals surface area contributed by atoms with Crippen molar-refractivity contribution >= 4 is 17.5 Å². The predicted molar refractivity (Wildman–Crippen MR) is 97.1 cm³/mol. The van der Waals surface area contributed by atoms with Crippen LogP contribution >= 0.6 is 0 Å². The van der Waals surface area contributed by atoms with E-state index in [9.17, 15) is 22.8 Å². The minimum atomic E-state index is -0.836. The first kappa shape index (κ1) is 18.5. The zero-order valence-electron chi connectivity index (χ0n) is 15.3. The molecule has 28 heavy (non-hydrogen) atoms. The van der Waals surface area contributed by atoms with E-state index in [0.29, 0.717) is 13.0 Å². The third-order valence-corrected chi connectivity index (χ3v) is 5.61. The van der Waals surface area contributed by atoms with Crippen LogP contribution in [0.4, 0.5) is 18.9 Å². The molecule has 2 aromatic carbocycles. The highest BCUT2D eigenvalue weighted by molar-refractivity contribution is 6.00. The number of amides is 2. The molecule has 1 saturated heterocycles. The van der Waals surface area contributed by atoms with Crippen LogP contribution < -0.4 is 4.90 Å². The van der Waals surface area contributed by atoms with Crippen LogP contribution in [0.5, 0.6) is 0 Å². The molecule has 0 radical (unpaired) electrons. The third-order valence-electron chi connectivity index (χ3n) is 5.61. The number of carbonyl (C=O) groups excluding carboxylic acids is 2. The van der Waals surface area contributed by atoms with Gasteiger partial charge in [0.1, 0.15) is 17.5 Å². The molecule has 0 aliphatic carbocycles. The zero-order chi connectivity index (χ0) is 20.0. The van der Waals surface area contributed by atoms with Crippen LogP contribution in [-0.4, -0.2) is 29.8 Å².